The van der Waals surface area contributed by atoms with Gasteiger partial charge in [-0.3, -0.25) is 4.79 Å². The maximum absolute atomic E-state index is 11.5. The first kappa shape index (κ1) is 20.1. The first-order valence-corrected chi connectivity index (χ1v) is 10.3. The topological polar surface area (TPSA) is 65.0 Å². The normalized spacial score (nSPS) is 34.3. The quantitative estimate of drug-likeness (QED) is 0.789. The van der Waals surface area contributed by atoms with Crippen LogP contribution in [0.5, 0.6) is 0 Å². The summed E-state index contributed by atoms with van der Waals surface area (Å²) in [5.41, 5.74) is -1.18. The third-order valence-electron chi connectivity index (χ3n) is 6.83. The van der Waals surface area contributed by atoms with Crippen molar-refractivity contribution in [2.45, 2.75) is 89.1 Å². The van der Waals surface area contributed by atoms with Gasteiger partial charge in [-0.25, -0.2) is 0 Å². The Hall–Kier alpha value is -0.690. The van der Waals surface area contributed by atoms with Gasteiger partial charge < -0.3 is 25.0 Å². The van der Waals surface area contributed by atoms with Crippen LogP contribution in [0.2, 0.25) is 0 Å². The van der Waals surface area contributed by atoms with Crippen LogP contribution in [0.4, 0.5) is 0 Å². The molecule has 2 N–H and O–H groups in total. The van der Waals surface area contributed by atoms with Crippen molar-refractivity contribution in [2.75, 3.05) is 32.8 Å². The number of hydrogen-bond acceptors (Lipinski definition) is 5. The maximum atomic E-state index is 11.5. The number of aliphatic hydroxyl groups is 1. The summed E-state index contributed by atoms with van der Waals surface area (Å²) in [5, 5.41) is 13.5. The molecule has 2 atom stereocenters. The van der Waals surface area contributed by atoms with Crippen LogP contribution < -0.4 is 5.32 Å². The number of piperidine rings is 2. The predicted molar refractivity (Wildman–Crippen MR) is 102 cm³/mol. The van der Waals surface area contributed by atoms with Crippen LogP contribution in [-0.4, -0.2) is 82.9 Å². The Bertz CT molecular complexity index is 493. The van der Waals surface area contributed by atoms with Gasteiger partial charge in [-0.15, -0.1) is 0 Å². The van der Waals surface area contributed by atoms with Gasteiger partial charge in [0.2, 0.25) is 5.91 Å². The van der Waals surface area contributed by atoms with E-state index < -0.39 is 5.60 Å². The minimum atomic E-state index is -0.988. The van der Waals surface area contributed by atoms with Gasteiger partial charge in [0.05, 0.1) is 18.2 Å². The van der Waals surface area contributed by atoms with E-state index in [1.807, 2.05) is 0 Å². The smallest absolute Gasteiger partial charge is 0.217 e. The zero-order valence-corrected chi connectivity index (χ0v) is 17.0. The molecule has 3 rings (SSSR count). The van der Waals surface area contributed by atoms with Crippen LogP contribution >= 0.6 is 0 Å². The molecule has 3 aliphatic rings. The molecular formula is C20H37N3O3. The van der Waals surface area contributed by atoms with Crippen molar-refractivity contribution in [2.24, 2.45) is 0 Å². The van der Waals surface area contributed by atoms with E-state index in [2.05, 4.69) is 29.0 Å². The van der Waals surface area contributed by atoms with Crippen molar-refractivity contribution in [3.05, 3.63) is 0 Å². The summed E-state index contributed by atoms with van der Waals surface area (Å²) >= 11 is 0. The van der Waals surface area contributed by atoms with E-state index in [1.54, 1.807) is 6.92 Å². The van der Waals surface area contributed by atoms with E-state index in [1.165, 1.54) is 32.9 Å². The molecule has 3 heterocycles. The first-order chi connectivity index (χ1) is 12.2. The van der Waals surface area contributed by atoms with Crippen molar-refractivity contribution < 1.29 is 14.6 Å². The zero-order chi connectivity index (χ0) is 18.9. The molecule has 3 aliphatic heterocycles. The Morgan fingerprint density at radius 3 is 2.35 bits per heavy atom. The second-order valence-electron chi connectivity index (χ2n) is 9.18. The Labute approximate surface area is 158 Å². The number of carbonyl (C=O) groups is 1. The van der Waals surface area contributed by atoms with Crippen LogP contribution in [0.25, 0.3) is 0 Å². The molecule has 3 fully saturated rings. The highest BCUT2D eigenvalue weighted by Gasteiger charge is 2.49. The fourth-order valence-corrected chi connectivity index (χ4v) is 4.91. The Morgan fingerprint density at radius 2 is 1.81 bits per heavy atom. The van der Waals surface area contributed by atoms with Gasteiger partial charge in [-0.2, -0.15) is 0 Å². The highest BCUT2D eigenvalue weighted by atomic mass is 16.5. The number of likely N-dealkylation sites (tertiary alicyclic amines) is 2. The monoisotopic (exact) mass is 367 g/mol. The second-order valence-corrected chi connectivity index (χ2v) is 9.18. The fourth-order valence-electron chi connectivity index (χ4n) is 4.91. The lowest BCUT2D eigenvalue weighted by molar-refractivity contribution is -0.195. The van der Waals surface area contributed by atoms with Crippen molar-refractivity contribution in [3.63, 3.8) is 0 Å². The Morgan fingerprint density at radius 1 is 1.19 bits per heavy atom. The molecule has 0 aromatic heterocycles. The van der Waals surface area contributed by atoms with Gasteiger partial charge in [0, 0.05) is 32.1 Å². The number of carbonyl (C=O) groups excluding carboxylic acids is 1. The summed E-state index contributed by atoms with van der Waals surface area (Å²) in [5.74, 6) is -0.0818. The summed E-state index contributed by atoms with van der Waals surface area (Å²) in [6.45, 7) is 12.7. The first-order valence-electron chi connectivity index (χ1n) is 10.3. The molecule has 0 radical (unpaired) electrons. The highest BCUT2D eigenvalue weighted by Crippen LogP contribution is 2.39. The molecule has 0 saturated carbocycles. The van der Waals surface area contributed by atoms with Crippen molar-refractivity contribution in [1.29, 1.82) is 0 Å². The highest BCUT2D eigenvalue weighted by molar-refractivity contribution is 5.73. The van der Waals surface area contributed by atoms with Crippen LogP contribution in [0.1, 0.15) is 59.8 Å². The number of rotatable bonds is 3. The van der Waals surface area contributed by atoms with E-state index in [4.69, 9.17) is 4.74 Å². The van der Waals surface area contributed by atoms with E-state index in [0.717, 1.165) is 25.9 Å². The van der Waals surface area contributed by atoms with Crippen LogP contribution in [0.3, 0.4) is 0 Å². The second kappa shape index (κ2) is 7.74. The molecule has 150 valence electrons. The lowest BCUT2D eigenvalue weighted by Gasteiger charge is -2.52. The molecule has 6 nitrogen and oxygen atoms in total. The third-order valence-corrected chi connectivity index (χ3v) is 6.83. The minimum Gasteiger partial charge on any atom is -0.386 e. The van der Waals surface area contributed by atoms with Gasteiger partial charge in [-0.05, 0) is 66.0 Å². The molecule has 6 heteroatoms. The lowest BCUT2D eigenvalue weighted by Crippen LogP contribution is -2.64. The van der Waals surface area contributed by atoms with E-state index in [9.17, 15) is 9.90 Å². The van der Waals surface area contributed by atoms with Crippen molar-refractivity contribution >= 4 is 5.91 Å². The van der Waals surface area contributed by atoms with Crippen LogP contribution in [-0.2, 0) is 9.53 Å². The third kappa shape index (κ3) is 4.41. The van der Waals surface area contributed by atoms with Gasteiger partial charge in [0.15, 0.2) is 0 Å². The van der Waals surface area contributed by atoms with E-state index in [0.29, 0.717) is 25.1 Å². The zero-order valence-electron chi connectivity index (χ0n) is 17.0. The molecule has 0 aliphatic carbocycles. The summed E-state index contributed by atoms with van der Waals surface area (Å²) in [7, 11) is 0. The molecule has 0 aromatic carbocycles. The van der Waals surface area contributed by atoms with Crippen molar-refractivity contribution in [3.8, 4) is 0 Å². The van der Waals surface area contributed by atoms with Gasteiger partial charge in [0.1, 0.15) is 5.60 Å². The molecule has 0 bridgehead atoms. The fraction of sp³-hybridized carbons (Fsp3) is 0.950. The maximum Gasteiger partial charge on any atom is 0.217 e. The molecule has 26 heavy (non-hydrogen) atoms. The lowest BCUT2D eigenvalue weighted by atomic mass is 9.77. The van der Waals surface area contributed by atoms with E-state index >= 15 is 0 Å². The van der Waals surface area contributed by atoms with Gasteiger partial charge in [-0.1, -0.05) is 0 Å². The summed E-state index contributed by atoms with van der Waals surface area (Å²) in [4.78, 5) is 16.7. The predicted octanol–water partition coefficient (Wildman–Crippen LogP) is 1.37. The minimum absolute atomic E-state index is 0.0818. The number of ether oxygens (including phenoxy) is 1. The average molecular weight is 368 g/mol. The number of nitrogens with one attached hydrogen (secondary N) is 1. The Kier molecular flexibility index (Phi) is 5.97. The standard InChI is InChI=1S/C20H37N3O3/c1-15(2)22-9-5-17(6-10-22)23-11-7-20(8-12-23)13-18(21-16(3)24)19(4,25)14-26-20/h15,17-18,25H,5-14H2,1-4H3,(H,21,24)/t18-,19-/m0/s1. The van der Waals surface area contributed by atoms with Crippen molar-refractivity contribution in [1.82, 2.24) is 15.1 Å². The van der Waals surface area contributed by atoms with Gasteiger partial charge >= 0.3 is 0 Å². The molecule has 1 amide bonds. The van der Waals surface area contributed by atoms with E-state index in [-0.39, 0.29) is 17.6 Å². The number of amides is 1. The number of hydrogen-bond donors (Lipinski definition) is 2. The molecular weight excluding hydrogens is 330 g/mol. The molecule has 0 aromatic rings. The summed E-state index contributed by atoms with van der Waals surface area (Å²) in [6, 6.07) is 1.12. The molecule has 3 saturated heterocycles. The van der Waals surface area contributed by atoms with Crippen LogP contribution in [0, 0.1) is 0 Å². The molecule has 1 spiro atoms. The SMILES string of the molecule is CC(=O)N[C@H]1CC2(CCN(C3CCN(C(C)C)CC3)CC2)OC[C@]1(C)O. The van der Waals surface area contributed by atoms with Gasteiger partial charge in [0.25, 0.3) is 0 Å². The summed E-state index contributed by atoms with van der Waals surface area (Å²) < 4.78 is 6.18. The Balaban J connectivity index is 1.54. The average Bonchev–Trinajstić information content (AvgIpc) is 2.59. The number of nitrogens with zero attached hydrogens (tertiary/aromatic N) is 2. The molecule has 0 unspecified atom stereocenters. The van der Waals surface area contributed by atoms with Crippen LogP contribution in [0.15, 0.2) is 0 Å². The summed E-state index contributed by atoms with van der Waals surface area (Å²) in [6.07, 6.45) is 5.21. The largest absolute Gasteiger partial charge is 0.386 e.